The average molecular weight is 479 g/mol. The van der Waals surface area contributed by atoms with Crippen LogP contribution in [-0.2, 0) is 9.53 Å². The van der Waals surface area contributed by atoms with Crippen LogP contribution in [0.4, 0.5) is 4.79 Å². The van der Waals surface area contributed by atoms with Gasteiger partial charge in [0.25, 0.3) is 0 Å². The van der Waals surface area contributed by atoms with Crippen molar-refractivity contribution >= 4 is 40.9 Å². The molecule has 0 aromatic heterocycles. The summed E-state index contributed by atoms with van der Waals surface area (Å²) in [6.45, 7) is 5.70. The first kappa shape index (κ1) is 23.8. The predicted octanol–water partition coefficient (Wildman–Crippen LogP) is 5.12. The topological polar surface area (TPSA) is 85.9 Å². The Labute approximate surface area is 196 Å². The Bertz CT molecular complexity index is 1030. The van der Waals surface area contributed by atoms with Crippen molar-refractivity contribution in [2.45, 2.75) is 32.9 Å². The number of esters is 1. The summed E-state index contributed by atoms with van der Waals surface area (Å²) in [4.78, 5) is 25.7. The van der Waals surface area contributed by atoms with Crippen LogP contribution in [0.25, 0.3) is 5.70 Å². The Morgan fingerprint density at radius 1 is 1.12 bits per heavy atom. The van der Waals surface area contributed by atoms with Crippen molar-refractivity contribution in [3.05, 3.63) is 63.1 Å². The van der Waals surface area contributed by atoms with Crippen molar-refractivity contribution in [3.63, 3.8) is 0 Å². The Morgan fingerprint density at radius 2 is 1.75 bits per heavy atom. The van der Waals surface area contributed by atoms with Gasteiger partial charge in [0.1, 0.15) is 5.75 Å². The maximum absolute atomic E-state index is 13.2. The molecule has 0 saturated heterocycles. The van der Waals surface area contributed by atoms with Crippen molar-refractivity contribution in [3.8, 4) is 11.5 Å². The highest BCUT2D eigenvalue weighted by atomic mass is 35.5. The maximum Gasteiger partial charge on any atom is 0.338 e. The van der Waals surface area contributed by atoms with Crippen molar-refractivity contribution in [1.29, 1.82) is 0 Å². The molecule has 0 bridgehead atoms. The number of benzene rings is 2. The van der Waals surface area contributed by atoms with E-state index in [1.165, 1.54) is 0 Å². The molecule has 0 spiro atoms. The van der Waals surface area contributed by atoms with E-state index in [-0.39, 0.29) is 21.7 Å². The van der Waals surface area contributed by atoms with Crippen LogP contribution in [0.5, 0.6) is 11.5 Å². The Balaban J connectivity index is 2.18. The van der Waals surface area contributed by atoms with Crippen molar-refractivity contribution in [1.82, 2.24) is 10.6 Å². The minimum atomic E-state index is -0.849. The number of halogens is 2. The van der Waals surface area contributed by atoms with E-state index in [4.69, 9.17) is 37.4 Å². The van der Waals surface area contributed by atoms with Gasteiger partial charge in [-0.05, 0) is 68.3 Å². The van der Waals surface area contributed by atoms with Gasteiger partial charge in [0.05, 0.1) is 47.2 Å². The Morgan fingerprint density at radius 3 is 2.28 bits per heavy atom. The number of urea groups is 1. The number of amides is 2. The highest BCUT2D eigenvalue weighted by molar-refractivity contribution is 6.37. The largest absolute Gasteiger partial charge is 0.497 e. The van der Waals surface area contributed by atoms with Crippen LogP contribution >= 0.6 is 23.2 Å². The first-order valence-corrected chi connectivity index (χ1v) is 10.8. The lowest BCUT2D eigenvalue weighted by Crippen LogP contribution is -2.45. The zero-order chi connectivity index (χ0) is 23.4. The third kappa shape index (κ3) is 5.11. The molecule has 170 valence electrons. The molecule has 1 aliphatic rings. The van der Waals surface area contributed by atoms with E-state index < -0.39 is 18.0 Å². The van der Waals surface area contributed by atoms with Crippen LogP contribution in [0.15, 0.2) is 42.0 Å². The van der Waals surface area contributed by atoms with E-state index in [0.29, 0.717) is 34.9 Å². The highest BCUT2D eigenvalue weighted by Crippen LogP contribution is 2.39. The van der Waals surface area contributed by atoms with Gasteiger partial charge in [-0.15, -0.1) is 0 Å². The molecule has 0 saturated carbocycles. The number of nitrogens with one attached hydrogen (secondary N) is 2. The summed E-state index contributed by atoms with van der Waals surface area (Å²) in [6.07, 6.45) is -0.363. The molecular formula is C23H24Cl2N2O5. The second-order valence-corrected chi connectivity index (χ2v) is 8.06. The normalized spacial score (nSPS) is 15.8. The van der Waals surface area contributed by atoms with Crippen LogP contribution in [-0.4, -0.2) is 31.8 Å². The van der Waals surface area contributed by atoms with E-state index in [1.807, 2.05) is 6.92 Å². The second-order valence-electron chi connectivity index (χ2n) is 7.25. The molecule has 1 unspecified atom stereocenters. The van der Waals surface area contributed by atoms with E-state index >= 15 is 0 Å². The van der Waals surface area contributed by atoms with Gasteiger partial charge in [0.15, 0.2) is 5.75 Å². The number of carbonyl (C=O) groups excluding carboxylic acids is 2. The lowest BCUT2D eigenvalue weighted by Gasteiger charge is -2.30. The molecule has 9 heteroatoms. The summed E-state index contributed by atoms with van der Waals surface area (Å²) in [7, 11) is 1.56. The lowest BCUT2D eigenvalue weighted by atomic mass is 9.92. The molecule has 0 fully saturated rings. The molecule has 2 N–H and O–H groups in total. The average Bonchev–Trinajstić information content (AvgIpc) is 2.75. The van der Waals surface area contributed by atoms with Gasteiger partial charge in [-0.3, -0.25) is 0 Å². The molecular weight excluding hydrogens is 455 g/mol. The summed E-state index contributed by atoms with van der Waals surface area (Å²) < 4.78 is 16.2. The molecule has 1 heterocycles. The first-order chi connectivity index (χ1) is 15.2. The van der Waals surface area contributed by atoms with Crippen LogP contribution in [0.3, 0.4) is 0 Å². The van der Waals surface area contributed by atoms with E-state index in [0.717, 1.165) is 0 Å². The van der Waals surface area contributed by atoms with E-state index in [9.17, 15) is 9.59 Å². The van der Waals surface area contributed by atoms with E-state index in [1.54, 1.807) is 57.4 Å². The molecule has 0 aliphatic carbocycles. The third-order valence-corrected chi connectivity index (χ3v) is 5.22. The van der Waals surface area contributed by atoms with Crippen LogP contribution in [0.2, 0.25) is 10.0 Å². The van der Waals surface area contributed by atoms with Crippen molar-refractivity contribution < 1.29 is 23.8 Å². The SMILES string of the molecule is CCOc1c(Cl)cc(C2NC(=O)NC(c3ccc(OC)cc3)=C2C(=O)OC(C)C)cc1Cl. The molecule has 2 aromatic rings. The van der Waals surface area contributed by atoms with Gasteiger partial charge in [-0.25, -0.2) is 9.59 Å². The standard InChI is InChI=1S/C23H24Cl2N2O5/c1-5-31-21-16(24)10-14(11-17(21)25)20-18(22(28)32-12(2)3)19(26-23(29)27-20)13-6-8-15(30-4)9-7-13/h6-12,20H,5H2,1-4H3,(H2,26,27,29). The first-order valence-electron chi connectivity index (χ1n) is 10.0. The fraction of sp³-hybridized carbons (Fsp3) is 0.304. The highest BCUT2D eigenvalue weighted by Gasteiger charge is 2.35. The van der Waals surface area contributed by atoms with Gasteiger partial charge in [0.2, 0.25) is 0 Å². The zero-order valence-corrected chi connectivity index (χ0v) is 19.6. The minimum Gasteiger partial charge on any atom is -0.497 e. The van der Waals surface area contributed by atoms with Crippen LogP contribution < -0.4 is 20.1 Å². The van der Waals surface area contributed by atoms with Crippen molar-refractivity contribution in [2.24, 2.45) is 0 Å². The van der Waals surface area contributed by atoms with Crippen LogP contribution in [0.1, 0.15) is 37.9 Å². The lowest BCUT2D eigenvalue weighted by molar-refractivity contribution is -0.143. The fourth-order valence-corrected chi connectivity index (χ4v) is 3.94. The predicted molar refractivity (Wildman–Crippen MR) is 123 cm³/mol. The zero-order valence-electron chi connectivity index (χ0n) is 18.1. The number of rotatable bonds is 7. The van der Waals surface area contributed by atoms with Gasteiger partial charge >= 0.3 is 12.0 Å². The van der Waals surface area contributed by atoms with Gasteiger partial charge in [-0.1, -0.05) is 23.2 Å². The molecule has 2 aromatic carbocycles. The molecule has 1 atom stereocenters. The molecule has 32 heavy (non-hydrogen) atoms. The summed E-state index contributed by atoms with van der Waals surface area (Å²) in [6, 6.07) is 8.87. The quantitative estimate of drug-likeness (QED) is 0.539. The second kappa shape index (κ2) is 10.1. The van der Waals surface area contributed by atoms with Crippen molar-refractivity contribution in [2.75, 3.05) is 13.7 Å². The monoisotopic (exact) mass is 478 g/mol. The fourth-order valence-electron chi connectivity index (χ4n) is 3.33. The number of ether oxygens (including phenoxy) is 3. The smallest absolute Gasteiger partial charge is 0.338 e. The maximum atomic E-state index is 13.2. The molecule has 0 radical (unpaired) electrons. The van der Waals surface area contributed by atoms with Gasteiger partial charge < -0.3 is 24.8 Å². The summed E-state index contributed by atoms with van der Waals surface area (Å²) in [5.41, 5.74) is 1.68. The van der Waals surface area contributed by atoms with Crippen LogP contribution in [0, 0.1) is 0 Å². The summed E-state index contributed by atoms with van der Waals surface area (Å²) in [5.74, 6) is 0.400. The molecule has 2 amide bonds. The summed E-state index contributed by atoms with van der Waals surface area (Å²) >= 11 is 12.8. The molecule has 1 aliphatic heterocycles. The third-order valence-electron chi connectivity index (χ3n) is 4.66. The molecule has 7 nitrogen and oxygen atoms in total. The van der Waals surface area contributed by atoms with Gasteiger partial charge in [0, 0.05) is 0 Å². The Hall–Kier alpha value is -2.90. The number of carbonyl (C=O) groups is 2. The number of methoxy groups -OCH3 is 1. The Kier molecular flexibility index (Phi) is 7.53. The van der Waals surface area contributed by atoms with E-state index in [2.05, 4.69) is 10.6 Å². The van der Waals surface area contributed by atoms with Gasteiger partial charge in [-0.2, -0.15) is 0 Å². The minimum absolute atomic E-state index is 0.222. The number of hydrogen-bond acceptors (Lipinski definition) is 5. The summed E-state index contributed by atoms with van der Waals surface area (Å²) in [5, 5.41) is 6.04. The number of hydrogen-bond donors (Lipinski definition) is 2. The molecule has 3 rings (SSSR count).